The standard InChI is InChI=1S/C19H22ClNO/c1-19(2)15(18(19)13-7-5-4-6-8-13)12-21-16-11-14(20)9-10-17(16)22-3/h4-11,15,18,21H,12H2,1-3H3/t15?,18-/m1/s1. The lowest BCUT2D eigenvalue weighted by Crippen LogP contribution is -2.08. The number of methoxy groups -OCH3 is 1. The Bertz CT molecular complexity index is 654. The first-order valence-corrected chi connectivity index (χ1v) is 8.04. The van der Waals surface area contributed by atoms with Crippen LogP contribution in [0.3, 0.4) is 0 Å². The molecule has 22 heavy (non-hydrogen) atoms. The molecule has 2 aromatic rings. The molecule has 1 saturated carbocycles. The molecule has 0 aromatic heterocycles. The predicted octanol–water partition coefficient (Wildman–Crippen LogP) is 5.20. The van der Waals surface area contributed by atoms with Crippen LogP contribution in [0.4, 0.5) is 5.69 Å². The van der Waals surface area contributed by atoms with Crippen LogP contribution in [0, 0.1) is 11.3 Å². The van der Waals surface area contributed by atoms with Crippen LogP contribution in [0.2, 0.25) is 5.02 Å². The average Bonchev–Trinajstić information content (AvgIpc) is 3.07. The first-order chi connectivity index (χ1) is 10.5. The molecule has 0 heterocycles. The molecule has 0 bridgehead atoms. The van der Waals surface area contributed by atoms with Crippen molar-refractivity contribution in [1.82, 2.24) is 0 Å². The van der Waals surface area contributed by atoms with Crippen molar-refractivity contribution >= 4 is 17.3 Å². The molecule has 2 atom stereocenters. The maximum Gasteiger partial charge on any atom is 0.142 e. The minimum Gasteiger partial charge on any atom is -0.495 e. The highest BCUT2D eigenvalue weighted by Crippen LogP contribution is 2.64. The molecule has 0 spiro atoms. The molecule has 1 aliphatic rings. The first-order valence-electron chi connectivity index (χ1n) is 7.66. The van der Waals surface area contributed by atoms with Gasteiger partial charge in [-0.3, -0.25) is 0 Å². The number of hydrogen-bond acceptors (Lipinski definition) is 2. The van der Waals surface area contributed by atoms with Crippen LogP contribution >= 0.6 is 11.6 Å². The molecule has 0 aliphatic heterocycles. The Morgan fingerprint density at radius 3 is 2.55 bits per heavy atom. The minimum atomic E-state index is 0.320. The maximum atomic E-state index is 6.09. The van der Waals surface area contributed by atoms with E-state index in [4.69, 9.17) is 16.3 Å². The SMILES string of the molecule is COc1ccc(Cl)cc1NCC1[C@@H](c2ccccc2)C1(C)C. The van der Waals surface area contributed by atoms with E-state index in [0.717, 1.165) is 23.0 Å². The fourth-order valence-corrected chi connectivity index (χ4v) is 3.66. The van der Waals surface area contributed by atoms with Crippen molar-refractivity contribution in [3.05, 3.63) is 59.1 Å². The summed E-state index contributed by atoms with van der Waals surface area (Å²) in [5, 5.41) is 4.23. The van der Waals surface area contributed by atoms with Gasteiger partial charge in [-0.25, -0.2) is 0 Å². The van der Waals surface area contributed by atoms with Gasteiger partial charge in [0.15, 0.2) is 0 Å². The molecule has 1 fully saturated rings. The monoisotopic (exact) mass is 315 g/mol. The molecule has 2 aromatic carbocycles. The number of benzene rings is 2. The topological polar surface area (TPSA) is 21.3 Å². The Labute approximate surface area is 137 Å². The second kappa shape index (κ2) is 5.85. The van der Waals surface area contributed by atoms with Crippen LogP contribution in [0.15, 0.2) is 48.5 Å². The van der Waals surface area contributed by atoms with Crippen molar-refractivity contribution in [2.24, 2.45) is 11.3 Å². The van der Waals surface area contributed by atoms with Crippen LogP contribution in [0.5, 0.6) is 5.75 Å². The van der Waals surface area contributed by atoms with E-state index in [0.29, 0.717) is 17.3 Å². The van der Waals surface area contributed by atoms with Crippen LogP contribution in [0.25, 0.3) is 0 Å². The van der Waals surface area contributed by atoms with Gasteiger partial charge in [-0.2, -0.15) is 0 Å². The zero-order chi connectivity index (χ0) is 15.7. The smallest absolute Gasteiger partial charge is 0.142 e. The van der Waals surface area contributed by atoms with Gasteiger partial charge in [0.2, 0.25) is 0 Å². The third kappa shape index (κ3) is 2.80. The van der Waals surface area contributed by atoms with Gasteiger partial charge in [-0.15, -0.1) is 0 Å². The van der Waals surface area contributed by atoms with E-state index >= 15 is 0 Å². The summed E-state index contributed by atoms with van der Waals surface area (Å²) in [6, 6.07) is 16.4. The molecule has 1 aliphatic carbocycles. The van der Waals surface area contributed by atoms with Crippen LogP contribution in [-0.2, 0) is 0 Å². The van der Waals surface area contributed by atoms with Gasteiger partial charge in [0.05, 0.1) is 12.8 Å². The molecule has 1 unspecified atom stereocenters. The number of halogens is 1. The lowest BCUT2D eigenvalue weighted by molar-refractivity contribution is 0.416. The number of rotatable bonds is 5. The molecule has 3 rings (SSSR count). The molecule has 0 saturated heterocycles. The normalized spacial score (nSPS) is 22.2. The van der Waals surface area contributed by atoms with E-state index in [9.17, 15) is 0 Å². The van der Waals surface area contributed by atoms with Gasteiger partial charge in [-0.05, 0) is 41.0 Å². The van der Waals surface area contributed by atoms with E-state index in [1.165, 1.54) is 5.56 Å². The average molecular weight is 316 g/mol. The Hall–Kier alpha value is -1.67. The summed E-state index contributed by atoms with van der Waals surface area (Å²) in [5.41, 5.74) is 2.71. The molecular weight excluding hydrogens is 294 g/mol. The van der Waals surface area contributed by atoms with Crippen molar-refractivity contribution in [2.75, 3.05) is 19.0 Å². The summed E-state index contributed by atoms with van der Waals surface area (Å²) in [6.45, 7) is 5.60. The van der Waals surface area contributed by atoms with E-state index in [2.05, 4.69) is 49.5 Å². The van der Waals surface area contributed by atoms with Gasteiger partial charge in [0.25, 0.3) is 0 Å². The summed E-state index contributed by atoms with van der Waals surface area (Å²) >= 11 is 6.09. The highest BCUT2D eigenvalue weighted by atomic mass is 35.5. The Balaban J connectivity index is 1.71. The summed E-state index contributed by atoms with van der Waals surface area (Å²) in [5.74, 6) is 2.05. The number of anilines is 1. The molecule has 2 nitrogen and oxygen atoms in total. The van der Waals surface area contributed by atoms with E-state index in [1.807, 2.05) is 18.2 Å². The fourth-order valence-electron chi connectivity index (χ4n) is 3.49. The quantitative estimate of drug-likeness (QED) is 0.818. The zero-order valence-corrected chi connectivity index (χ0v) is 14.0. The van der Waals surface area contributed by atoms with Gasteiger partial charge < -0.3 is 10.1 Å². The lowest BCUT2D eigenvalue weighted by atomic mass is 10.0. The molecular formula is C19H22ClNO. The third-order valence-corrected chi connectivity index (χ3v) is 5.12. The third-order valence-electron chi connectivity index (χ3n) is 4.88. The van der Waals surface area contributed by atoms with Crippen molar-refractivity contribution < 1.29 is 4.74 Å². The Morgan fingerprint density at radius 2 is 1.86 bits per heavy atom. The summed E-state index contributed by atoms with van der Waals surface area (Å²) in [6.07, 6.45) is 0. The predicted molar refractivity (Wildman–Crippen MR) is 92.9 cm³/mol. The van der Waals surface area contributed by atoms with Crippen molar-refractivity contribution in [1.29, 1.82) is 0 Å². The van der Waals surface area contributed by atoms with Crippen molar-refractivity contribution in [3.63, 3.8) is 0 Å². The summed E-state index contributed by atoms with van der Waals surface area (Å²) in [7, 11) is 1.68. The molecule has 1 N–H and O–H groups in total. The molecule has 3 heteroatoms. The highest BCUT2D eigenvalue weighted by molar-refractivity contribution is 6.30. The highest BCUT2D eigenvalue weighted by Gasteiger charge is 2.57. The Kier molecular flexibility index (Phi) is 4.05. The van der Waals surface area contributed by atoms with Crippen molar-refractivity contribution in [2.45, 2.75) is 19.8 Å². The van der Waals surface area contributed by atoms with Gasteiger partial charge in [0.1, 0.15) is 5.75 Å². The number of nitrogens with one attached hydrogen (secondary N) is 1. The minimum absolute atomic E-state index is 0.320. The largest absolute Gasteiger partial charge is 0.495 e. The number of hydrogen-bond donors (Lipinski definition) is 1. The van der Waals surface area contributed by atoms with Gasteiger partial charge in [0, 0.05) is 11.6 Å². The zero-order valence-electron chi connectivity index (χ0n) is 13.3. The summed E-state index contributed by atoms with van der Waals surface area (Å²) < 4.78 is 5.40. The van der Waals surface area contributed by atoms with E-state index in [-0.39, 0.29) is 0 Å². The maximum absolute atomic E-state index is 6.09. The molecule has 116 valence electrons. The summed E-state index contributed by atoms with van der Waals surface area (Å²) in [4.78, 5) is 0. The van der Waals surface area contributed by atoms with Gasteiger partial charge in [-0.1, -0.05) is 55.8 Å². The second-order valence-corrected chi connectivity index (χ2v) is 6.98. The van der Waals surface area contributed by atoms with Gasteiger partial charge >= 0.3 is 0 Å². The van der Waals surface area contributed by atoms with E-state index < -0.39 is 0 Å². The molecule has 0 amide bonds. The van der Waals surface area contributed by atoms with E-state index in [1.54, 1.807) is 7.11 Å². The Morgan fingerprint density at radius 1 is 1.14 bits per heavy atom. The van der Waals surface area contributed by atoms with Crippen LogP contribution < -0.4 is 10.1 Å². The fraction of sp³-hybridized carbons (Fsp3) is 0.368. The van der Waals surface area contributed by atoms with Crippen LogP contribution in [-0.4, -0.2) is 13.7 Å². The lowest BCUT2D eigenvalue weighted by Gasteiger charge is -2.12. The molecule has 0 radical (unpaired) electrons. The first kappa shape index (κ1) is 15.2. The van der Waals surface area contributed by atoms with Crippen LogP contribution in [0.1, 0.15) is 25.3 Å². The number of ether oxygens (including phenoxy) is 1. The van der Waals surface area contributed by atoms with Crippen molar-refractivity contribution in [3.8, 4) is 5.75 Å². The second-order valence-electron chi connectivity index (χ2n) is 6.54.